The number of anilines is 1. The molecule has 2 aliphatic rings. The van der Waals surface area contributed by atoms with Crippen molar-refractivity contribution in [1.29, 1.82) is 0 Å². The van der Waals surface area contributed by atoms with Gasteiger partial charge < -0.3 is 9.84 Å². The van der Waals surface area contributed by atoms with Crippen molar-refractivity contribution in [3.8, 4) is 5.75 Å². The van der Waals surface area contributed by atoms with Gasteiger partial charge in [-0.2, -0.15) is 10.1 Å². The van der Waals surface area contributed by atoms with Gasteiger partial charge in [0.15, 0.2) is 11.5 Å². The van der Waals surface area contributed by atoms with Crippen LogP contribution in [-0.2, 0) is 26.0 Å². The van der Waals surface area contributed by atoms with Gasteiger partial charge in [-0.15, -0.1) is 0 Å². The SMILES string of the molecule is COc1ccc(Cc2c(Cl)cc(N3N=C(C(F)F)C(=O)CC3=O)cc2Cl)cc1S(=O)(=O)NC1CC(O)C1. The predicted octanol–water partition coefficient (Wildman–Crippen LogP) is 3.32. The van der Waals surface area contributed by atoms with Crippen LogP contribution in [-0.4, -0.2) is 56.6 Å². The Hall–Kier alpha value is -2.64. The summed E-state index contributed by atoms with van der Waals surface area (Å²) in [7, 11) is -2.63. The van der Waals surface area contributed by atoms with Crippen molar-refractivity contribution >= 4 is 56.3 Å². The first-order chi connectivity index (χ1) is 17.4. The Labute approximate surface area is 221 Å². The van der Waals surface area contributed by atoms with Crippen LogP contribution in [0.3, 0.4) is 0 Å². The summed E-state index contributed by atoms with van der Waals surface area (Å²) in [6.07, 6.45) is -3.74. The Kier molecular flexibility index (Phi) is 7.86. The standard InChI is InChI=1S/C23H21Cl2F2N3O6S/c1-36-19-3-2-11(5-20(19)37(34,35)29-12-6-14(31)7-12)4-15-16(24)8-13(9-17(15)25)30-21(33)10-18(32)22(28-30)23(26)27/h2-3,5,8-9,12,14,23,29,31H,4,6-7,10H2,1H3. The molecule has 0 bridgehead atoms. The van der Waals surface area contributed by atoms with Crippen LogP contribution in [0.15, 0.2) is 40.3 Å². The summed E-state index contributed by atoms with van der Waals surface area (Å²) in [6, 6.07) is 6.74. The van der Waals surface area contributed by atoms with Crippen LogP contribution in [0.25, 0.3) is 0 Å². The number of hydrogen-bond donors (Lipinski definition) is 2. The van der Waals surface area contributed by atoms with Crippen molar-refractivity contribution in [2.75, 3.05) is 12.1 Å². The summed E-state index contributed by atoms with van der Waals surface area (Å²) in [5.74, 6) is -1.75. The molecular weight excluding hydrogens is 555 g/mol. The number of alkyl halides is 2. The lowest BCUT2D eigenvalue weighted by Crippen LogP contribution is -2.46. The maximum Gasteiger partial charge on any atom is 0.285 e. The molecule has 1 fully saturated rings. The molecule has 37 heavy (non-hydrogen) atoms. The van der Waals surface area contributed by atoms with Crippen molar-refractivity contribution < 1.29 is 36.6 Å². The number of hydrogen-bond acceptors (Lipinski definition) is 7. The van der Waals surface area contributed by atoms with Crippen LogP contribution in [0.2, 0.25) is 10.0 Å². The van der Waals surface area contributed by atoms with E-state index in [4.69, 9.17) is 27.9 Å². The van der Waals surface area contributed by atoms with Crippen LogP contribution in [0.4, 0.5) is 14.5 Å². The topological polar surface area (TPSA) is 125 Å². The molecule has 0 spiro atoms. The number of nitrogens with zero attached hydrogens (tertiary/aromatic N) is 2. The summed E-state index contributed by atoms with van der Waals surface area (Å²) in [6.45, 7) is 0. The number of sulfonamides is 1. The maximum atomic E-state index is 13.1. The summed E-state index contributed by atoms with van der Waals surface area (Å²) < 4.78 is 59.9. The van der Waals surface area contributed by atoms with Crippen LogP contribution in [0.1, 0.15) is 30.4 Å². The van der Waals surface area contributed by atoms with Gasteiger partial charge in [-0.25, -0.2) is 21.9 Å². The van der Waals surface area contributed by atoms with E-state index in [0.717, 1.165) is 0 Å². The highest BCUT2D eigenvalue weighted by molar-refractivity contribution is 7.89. The molecule has 9 nitrogen and oxygen atoms in total. The first-order valence-corrected chi connectivity index (χ1v) is 13.2. The number of methoxy groups -OCH3 is 1. The third kappa shape index (κ3) is 5.78. The number of amides is 1. The summed E-state index contributed by atoms with van der Waals surface area (Å²) in [4.78, 5) is 23.8. The fourth-order valence-corrected chi connectivity index (χ4v) is 6.07. The molecular formula is C23H21Cl2F2N3O6S. The molecule has 1 amide bonds. The Morgan fingerprint density at radius 2 is 1.84 bits per heavy atom. The van der Waals surface area contributed by atoms with E-state index in [0.29, 0.717) is 29.0 Å². The number of benzene rings is 2. The summed E-state index contributed by atoms with van der Waals surface area (Å²) >= 11 is 12.8. The number of rotatable bonds is 8. The van der Waals surface area contributed by atoms with Crippen molar-refractivity contribution in [3.05, 3.63) is 51.5 Å². The average Bonchev–Trinajstić information content (AvgIpc) is 2.80. The number of halogens is 4. The van der Waals surface area contributed by atoms with E-state index in [9.17, 15) is 31.9 Å². The minimum absolute atomic E-state index is 0.000663. The van der Waals surface area contributed by atoms with Gasteiger partial charge >= 0.3 is 0 Å². The van der Waals surface area contributed by atoms with Gasteiger partial charge in [0.1, 0.15) is 10.6 Å². The van der Waals surface area contributed by atoms with E-state index >= 15 is 0 Å². The van der Waals surface area contributed by atoms with Crippen LogP contribution >= 0.6 is 23.2 Å². The molecule has 198 valence electrons. The third-order valence-corrected chi connectivity index (χ3v) is 8.17. The minimum Gasteiger partial charge on any atom is -0.495 e. The van der Waals surface area contributed by atoms with Gasteiger partial charge in [-0.3, -0.25) is 9.59 Å². The fraction of sp³-hybridized carbons (Fsp3) is 0.348. The molecule has 0 aromatic heterocycles. The van der Waals surface area contributed by atoms with E-state index in [2.05, 4.69) is 9.82 Å². The first kappa shape index (κ1) is 27.4. The van der Waals surface area contributed by atoms with Crippen molar-refractivity contribution in [1.82, 2.24) is 4.72 Å². The van der Waals surface area contributed by atoms with Gasteiger partial charge in [0.05, 0.1) is 25.3 Å². The predicted molar refractivity (Wildman–Crippen MR) is 132 cm³/mol. The van der Waals surface area contributed by atoms with Gasteiger partial charge in [-0.1, -0.05) is 29.3 Å². The lowest BCUT2D eigenvalue weighted by Gasteiger charge is -2.31. The van der Waals surface area contributed by atoms with Crippen molar-refractivity contribution in [2.45, 2.75) is 49.2 Å². The summed E-state index contributed by atoms with van der Waals surface area (Å²) in [5.41, 5.74) is -0.134. The molecule has 2 aromatic carbocycles. The molecule has 4 rings (SSSR count). The Morgan fingerprint density at radius 1 is 1.19 bits per heavy atom. The number of carbonyl (C=O) groups is 2. The van der Waals surface area contributed by atoms with E-state index in [1.807, 2.05) is 0 Å². The molecule has 0 radical (unpaired) electrons. The van der Waals surface area contributed by atoms with Crippen LogP contribution in [0.5, 0.6) is 5.75 Å². The second kappa shape index (κ2) is 10.6. The van der Waals surface area contributed by atoms with Crippen molar-refractivity contribution in [3.63, 3.8) is 0 Å². The molecule has 0 saturated heterocycles. The highest BCUT2D eigenvalue weighted by atomic mass is 35.5. The molecule has 1 aliphatic heterocycles. The Morgan fingerprint density at radius 3 is 2.41 bits per heavy atom. The fourth-order valence-electron chi connectivity index (χ4n) is 3.98. The first-order valence-electron chi connectivity index (χ1n) is 11.0. The monoisotopic (exact) mass is 575 g/mol. The number of ketones is 1. The third-order valence-electron chi connectivity index (χ3n) is 5.95. The molecule has 2 aromatic rings. The molecule has 1 heterocycles. The smallest absolute Gasteiger partial charge is 0.285 e. The minimum atomic E-state index is -3.97. The average molecular weight is 576 g/mol. The number of aliphatic hydroxyl groups excluding tert-OH is 1. The highest BCUT2D eigenvalue weighted by Crippen LogP contribution is 2.35. The normalized spacial score (nSPS) is 20.2. The quantitative estimate of drug-likeness (QED) is 0.465. The van der Waals surface area contributed by atoms with E-state index < -0.39 is 46.4 Å². The van der Waals surface area contributed by atoms with Crippen molar-refractivity contribution in [2.24, 2.45) is 5.10 Å². The van der Waals surface area contributed by atoms with Crippen LogP contribution < -0.4 is 14.5 Å². The van der Waals surface area contributed by atoms with Gasteiger partial charge in [0.25, 0.3) is 12.3 Å². The van der Waals surface area contributed by atoms with Gasteiger partial charge in [0, 0.05) is 22.5 Å². The largest absolute Gasteiger partial charge is 0.495 e. The highest BCUT2D eigenvalue weighted by Gasteiger charge is 2.34. The molecule has 1 aliphatic carbocycles. The maximum absolute atomic E-state index is 13.1. The lowest BCUT2D eigenvalue weighted by atomic mass is 9.91. The molecule has 0 atom stereocenters. The number of carbonyl (C=O) groups excluding carboxylic acids is 2. The van der Waals surface area contributed by atoms with E-state index in [-0.39, 0.29) is 38.8 Å². The zero-order valence-corrected chi connectivity index (χ0v) is 21.6. The summed E-state index contributed by atoms with van der Waals surface area (Å²) in [5, 5.41) is 13.7. The number of nitrogens with one attached hydrogen (secondary N) is 1. The molecule has 0 unspecified atom stereocenters. The van der Waals surface area contributed by atoms with Gasteiger partial charge in [0.2, 0.25) is 10.0 Å². The van der Waals surface area contributed by atoms with E-state index in [1.54, 1.807) is 6.07 Å². The molecule has 1 saturated carbocycles. The van der Waals surface area contributed by atoms with Crippen LogP contribution in [0, 0.1) is 0 Å². The lowest BCUT2D eigenvalue weighted by molar-refractivity contribution is -0.124. The van der Waals surface area contributed by atoms with E-state index in [1.165, 1.54) is 31.4 Å². The second-order valence-corrected chi connectivity index (χ2v) is 11.1. The second-order valence-electron chi connectivity index (χ2n) is 8.58. The number of Topliss-reactive ketones (excluding diaryl/α,β-unsaturated/α-hetero) is 1. The number of aliphatic hydroxyl groups is 1. The number of ether oxygens (including phenoxy) is 1. The Bertz CT molecular complexity index is 1370. The zero-order chi connectivity index (χ0) is 27.1. The van der Waals surface area contributed by atoms with Gasteiger partial charge in [-0.05, 0) is 48.2 Å². The number of hydrazone groups is 1. The zero-order valence-electron chi connectivity index (χ0n) is 19.3. The Balaban J connectivity index is 1.63. The molecule has 2 N–H and O–H groups in total. The molecule has 14 heteroatoms.